The van der Waals surface area contributed by atoms with E-state index in [1.54, 1.807) is 0 Å². The van der Waals surface area contributed by atoms with Gasteiger partial charge in [0, 0.05) is 5.92 Å². The number of rotatable bonds is 1. The topological polar surface area (TPSA) is 93.4 Å². The molecule has 6 nitrogen and oxygen atoms in total. The third kappa shape index (κ3) is 2.14. The Labute approximate surface area is 124 Å². The Balaban J connectivity index is 1.99. The number of nitrogens with two attached hydrogens (primary N) is 1. The highest BCUT2D eigenvalue weighted by atomic mass is 127. The van der Waals surface area contributed by atoms with Crippen molar-refractivity contribution in [3.63, 3.8) is 0 Å². The van der Waals surface area contributed by atoms with E-state index in [1.165, 1.54) is 6.33 Å². The summed E-state index contributed by atoms with van der Waals surface area (Å²) >= 11 is 2.17. The van der Waals surface area contributed by atoms with Crippen molar-refractivity contribution in [1.29, 1.82) is 5.26 Å². The number of nitriles is 1. The molecule has 2 aromatic rings. The Kier molecular flexibility index (Phi) is 3.26. The Hall–Kier alpha value is -1.43. The van der Waals surface area contributed by atoms with E-state index >= 15 is 0 Å². The lowest BCUT2D eigenvalue weighted by Gasteiger charge is -2.25. The van der Waals surface area contributed by atoms with Crippen LogP contribution in [-0.2, 0) is 0 Å². The van der Waals surface area contributed by atoms with E-state index < -0.39 is 0 Å². The lowest BCUT2D eigenvalue weighted by atomic mass is 9.87. The molecule has 0 atom stereocenters. The van der Waals surface area contributed by atoms with E-state index in [4.69, 9.17) is 11.0 Å². The standard InChI is InChI=1S/C12H13IN6/c13-10-9-11(15)16-6-17-12(9)19(18-10)8-3-1-7(5-14)2-4-8/h6-8H,1-4H2,(H2,15,16,17). The second kappa shape index (κ2) is 4.92. The van der Waals surface area contributed by atoms with Crippen LogP contribution < -0.4 is 5.73 Å². The number of halogens is 1. The SMILES string of the molecule is N#CC1CCC(n2nc(I)c3c(N)ncnc32)CC1. The summed E-state index contributed by atoms with van der Waals surface area (Å²) in [6, 6.07) is 2.66. The lowest BCUT2D eigenvalue weighted by Crippen LogP contribution is -2.18. The third-order valence-corrected chi connectivity index (χ3v) is 4.46. The third-order valence-electron chi connectivity index (χ3n) is 3.70. The van der Waals surface area contributed by atoms with Crippen LogP contribution in [0.4, 0.5) is 5.82 Å². The first-order chi connectivity index (χ1) is 9.20. The van der Waals surface area contributed by atoms with Gasteiger partial charge in [0.25, 0.3) is 0 Å². The molecule has 0 radical (unpaired) electrons. The summed E-state index contributed by atoms with van der Waals surface area (Å²) in [6.45, 7) is 0. The highest BCUT2D eigenvalue weighted by Crippen LogP contribution is 2.34. The van der Waals surface area contributed by atoms with Crippen molar-refractivity contribution in [2.24, 2.45) is 5.92 Å². The summed E-state index contributed by atoms with van der Waals surface area (Å²) in [7, 11) is 0. The van der Waals surface area contributed by atoms with Gasteiger partial charge in [-0.25, -0.2) is 14.6 Å². The number of hydrogen-bond donors (Lipinski definition) is 1. The van der Waals surface area contributed by atoms with E-state index in [9.17, 15) is 0 Å². The van der Waals surface area contributed by atoms with Crippen molar-refractivity contribution >= 4 is 39.4 Å². The Morgan fingerprint density at radius 3 is 2.74 bits per heavy atom. The van der Waals surface area contributed by atoms with Gasteiger partial charge in [-0.1, -0.05) is 0 Å². The number of aromatic nitrogens is 4. The molecule has 1 saturated carbocycles. The number of nitrogen functional groups attached to an aromatic ring is 1. The minimum absolute atomic E-state index is 0.192. The maximum absolute atomic E-state index is 8.95. The van der Waals surface area contributed by atoms with Gasteiger partial charge < -0.3 is 5.73 Å². The summed E-state index contributed by atoms with van der Waals surface area (Å²) in [4.78, 5) is 8.33. The first-order valence-corrected chi connectivity index (χ1v) is 7.32. The largest absolute Gasteiger partial charge is 0.383 e. The fraction of sp³-hybridized carbons (Fsp3) is 0.500. The van der Waals surface area contributed by atoms with Crippen LogP contribution in [0.25, 0.3) is 11.0 Å². The number of fused-ring (bicyclic) bond motifs is 1. The van der Waals surface area contributed by atoms with Crippen LogP contribution in [-0.4, -0.2) is 19.7 Å². The summed E-state index contributed by atoms with van der Waals surface area (Å²) in [5.41, 5.74) is 6.69. The zero-order valence-corrected chi connectivity index (χ0v) is 12.4. The smallest absolute Gasteiger partial charge is 0.164 e. The Morgan fingerprint density at radius 1 is 1.32 bits per heavy atom. The molecule has 1 fully saturated rings. The van der Waals surface area contributed by atoms with Crippen LogP contribution >= 0.6 is 22.6 Å². The van der Waals surface area contributed by atoms with E-state index in [0.717, 1.165) is 40.4 Å². The molecule has 2 N–H and O–H groups in total. The highest BCUT2D eigenvalue weighted by Gasteiger charge is 2.25. The second-order valence-corrected chi connectivity index (χ2v) is 5.85. The van der Waals surface area contributed by atoms with Gasteiger partial charge in [0.2, 0.25) is 0 Å². The summed E-state index contributed by atoms with van der Waals surface area (Å²) in [5, 5.41) is 14.4. The van der Waals surface area contributed by atoms with Gasteiger partial charge in [-0.15, -0.1) is 0 Å². The predicted molar refractivity (Wildman–Crippen MR) is 79.1 cm³/mol. The van der Waals surface area contributed by atoms with E-state index in [-0.39, 0.29) is 5.92 Å². The van der Waals surface area contributed by atoms with E-state index in [2.05, 4.69) is 43.7 Å². The van der Waals surface area contributed by atoms with Crippen molar-refractivity contribution in [2.75, 3.05) is 5.73 Å². The van der Waals surface area contributed by atoms with E-state index in [1.807, 2.05) is 4.68 Å². The molecule has 3 rings (SSSR count). The molecule has 0 saturated heterocycles. The molecule has 7 heteroatoms. The average molecular weight is 368 g/mol. The van der Waals surface area contributed by atoms with Gasteiger partial charge in [0.1, 0.15) is 15.8 Å². The van der Waals surface area contributed by atoms with Crippen molar-refractivity contribution in [1.82, 2.24) is 19.7 Å². The van der Waals surface area contributed by atoms with Crippen molar-refractivity contribution in [2.45, 2.75) is 31.7 Å². The fourth-order valence-electron chi connectivity index (χ4n) is 2.66. The van der Waals surface area contributed by atoms with Crippen LogP contribution in [0.2, 0.25) is 0 Å². The maximum atomic E-state index is 8.95. The fourth-order valence-corrected chi connectivity index (χ4v) is 3.41. The molecule has 2 heterocycles. The molecular weight excluding hydrogens is 355 g/mol. The van der Waals surface area contributed by atoms with Gasteiger partial charge in [0.05, 0.1) is 17.5 Å². The number of nitrogens with zero attached hydrogens (tertiary/aromatic N) is 5. The van der Waals surface area contributed by atoms with Crippen molar-refractivity contribution in [3.05, 3.63) is 10.0 Å². The molecule has 98 valence electrons. The maximum Gasteiger partial charge on any atom is 0.164 e. The first kappa shape index (κ1) is 12.6. The minimum Gasteiger partial charge on any atom is -0.383 e. The first-order valence-electron chi connectivity index (χ1n) is 6.24. The summed E-state index contributed by atoms with van der Waals surface area (Å²) in [5.74, 6) is 0.670. The van der Waals surface area contributed by atoms with Crippen LogP contribution in [0, 0.1) is 20.9 Å². The van der Waals surface area contributed by atoms with Gasteiger partial charge in [-0.3, -0.25) is 0 Å². The summed E-state index contributed by atoms with van der Waals surface area (Å²) < 4.78 is 2.80. The normalized spacial score (nSPS) is 23.4. The van der Waals surface area contributed by atoms with Crippen molar-refractivity contribution < 1.29 is 0 Å². The monoisotopic (exact) mass is 368 g/mol. The zero-order chi connectivity index (χ0) is 13.4. The van der Waals surface area contributed by atoms with Crippen molar-refractivity contribution in [3.8, 4) is 6.07 Å². The molecule has 1 aliphatic rings. The van der Waals surface area contributed by atoms with Crippen LogP contribution in [0.5, 0.6) is 0 Å². The molecule has 1 aliphatic carbocycles. The Morgan fingerprint density at radius 2 is 2.05 bits per heavy atom. The van der Waals surface area contributed by atoms with Gasteiger partial charge in [0.15, 0.2) is 5.65 Å². The molecule has 0 amide bonds. The molecule has 0 unspecified atom stereocenters. The quantitative estimate of drug-likeness (QED) is 0.780. The van der Waals surface area contributed by atoms with Crippen LogP contribution in [0.15, 0.2) is 6.33 Å². The van der Waals surface area contributed by atoms with Gasteiger partial charge in [-0.05, 0) is 48.3 Å². The number of hydrogen-bond acceptors (Lipinski definition) is 5. The van der Waals surface area contributed by atoms with E-state index in [0.29, 0.717) is 11.9 Å². The molecule has 2 aromatic heterocycles. The molecule has 0 bridgehead atoms. The van der Waals surface area contributed by atoms with Crippen LogP contribution in [0.3, 0.4) is 0 Å². The minimum atomic E-state index is 0.192. The highest BCUT2D eigenvalue weighted by molar-refractivity contribution is 14.1. The van der Waals surface area contributed by atoms with Crippen LogP contribution in [0.1, 0.15) is 31.7 Å². The zero-order valence-electron chi connectivity index (χ0n) is 10.3. The summed E-state index contributed by atoms with van der Waals surface area (Å²) in [6.07, 6.45) is 5.27. The Bertz CT molecular complexity index is 650. The lowest BCUT2D eigenvalue weighted by molar-refractivity contribution is 0.299. The molecule has 0 aromatic carbocycles. The average Bonchev–Trinajstić information content (AvgIpc) is 2.78. The molecule has 0 aliphatic heterocycles. The van der Waals surface area contributed by atoms with Gasteiger partial charge in [-0.2, -0.15) is 10.4 Å². The molecular formula is C12H13IN6. The van der Waals surface area contributed by atoms with Gasteiger partial charge >= 0.3 is 0 Å². The second-order valence-electron chi connectivity index (χ2n) is 4.83. The number of anilines is 1. The molecule has 19 heavy (non-hydrogen) atoms. The predicted octanol–water partition coefficient (Wildman–Crippen LogP) is 2.27. The molecule has 0 spiro atoms.